The number of carbonyl (C=O) groups is 3. The fourth-order valence-electron chi connectivity index (χ4n) is 4.38. The lowest BCUT2D eigenvalue weighted by Crippen LogP contribution is -2.29. The van der Waals surface area contributed by atoms with E-state index in [9.17, 15) is 18.9 Å². The number of carbonyl (C=O) groups excluding carboxylic acids is 3. The van der Waals surface area contributed by atoms with Crippen LogP contribution < -0.4 is 0 Å². The van der Waals surface area contributed by atoms with Gasteiger partial charge in [-0.25, -0.2) is 4.57 Å². The quantitative estimate of drug-likeness (QED) is 0.0478. The first kappa shape index (κ1) is 40.1. The van der Waals surface area contributed by atoms with E-state index in [1.165, 1.54) is 63.1 Å². The lowest BCUT2D eigenvalue weighted by Gasteiger charge is -2.18. The molecule has 11 heteroatoms. The molecule has 0 aliphatic carbocycles. The number of hydrogen-bond acceptors (Lipinski definition) is 8. The number of esters is 2. The Morgan fingerprint density at radius 2 is 1.10 bits per heavy atom. The highest BCUT2D eigenvalue weighted by Gasteiger charge is 2.22. The Labute approximate surface area is 252 Å². The second kappa shape index (κ2) is 27.9. The lowest BCUT2D eigenvalue weighted by molar-refractivity contribution is -0.161. The third kappa shape index (κ3) is 31.8. The Kier molecular flexibility index (Phi) is 27.2. The van der Waals surface area contributed by atoms with E-state index in [2.05, 4.69) is 11.4 Å². The van der Waals surface area contributed by atoms with Gasteiger partial charge in [-0.05, 0) is 19.3 Å². The van der Waals surface area contributed by atoms with E-state index in [0.29, 0.717) is 12.8 Å². The lowest BCUT2D eigenvalue weighted by atomic mass is 10.1. The van der Waals surface area contributed by atoms with Crippen molar-refractivity contribution in [2.75, 3.05) is 19.0 Å². The Morgan fingerprint density at radius 1 is 0.659 bits per heavy atom. The summed E-state index contributed by atoms with van der Waals surface area (Å²) in [5, 5.41) is 0.181. The molecule has 41 heavy (non-hydrogen) atoms. The maximum absolute atomic E-state index is 12.2. The average Bonchev–Trinajstić information content (AvgIpc) is 2.91. The first-order valence-corrected chi connectivity index (χ1v) is 18.3. The molecule has 0 saturated heterocycles. The Balaban J connectivity index is 3.99. The first-order valence-electron chi connectivity index (χ1n) is 15.8. The van der Waals surface area contributed by atoms with Crippen LogP contribution in [0.2, 0.25) is 0 Å². The van der Waals surface area contributed by atoms with Crippen LogP contribution in [0.15, 0.2) is 0 Å². The van der Waals surface area contributed by atoms with Gasteiger partial charge in [0.05, 0.1) is 6.61 Å². The summed E-state index contributed by atoms with van der Waals surface area (Å²) in [5.74, 6) is -0.0136. The SMILES string of the molecule is CCCCCCCCCCCCC(=O)O[C@@H](COC(=O)CCCCCCCCCCCSC(C)=O)COP(=O)(O)O. The molecular formula is C30H57O9PS. The predicted octanol–water partition coefficient (Wildman–Crippen LogP) is 8.04. The molecule has 0 aliphatic rings. The van der Waals surface area contributed by atoms with Crippen molar-refractivity contribution in [2.45, 2.75) is 155 Å². The van der Waals surface area contributed by atoms with Crippen LogP contribution in [0.5, 0.6) is 0 Å². The summed E-state index contributed by atoms with van der Waals surface area (Å²) in [7, 11) is -4.75. The highest BCUT2D eigenvalue weighted by Crippen LogP contribution is 2.36. The van der Waals surface area contributed by atoms with Gasteiger partial charge in [-0.3, -0.25) is 18.9 Å². The van der Waals surface area contributed by atoms with Gasteiger partial charge in [-0.15, -0.1) is 0 Å². The summed E-state index contributed by atoms with van der Waals surface area (Å²) in [6.07, 6.45) is 20.3. The summed E-state index contributed by atoms with van der Waals surface area (Å²) in [6.45, 7) is 2.97. The smallest absolute Gasteiger partial charge is 0.462 e. The van der Waals surface area contributed by atoms with Crippen LogP contribution in [0.1, 0.15) is 149 Å². The van der Waals surface area contributed by atoms with Crippen LogP contribution >= 0.6 is 19.6 Å². The molecule has 0 heterocycles. The third-order valence-corrected chi connectivity index (χ3v) is 8.11. The van der Waals surface area contributed by atoms with Crippen LogP contribution in [-0.2, 0) is 32.9 Å². The molecule has 0 aromatic heterocycles. The van der Waals surface area contributed by atoms with Gasteiger partial charge >= 0.3 is 19.8 Å². The van der Waals surface area contributed by atoms with E-state index in [0.717, 1.165) is 63.5 Å². The molecule has 0 bridgehead atoms. The highest BCUT2D eigenvalue weighted by atomic mass is 32.2. The molecule has 0 spiro atoms. The zero-order chi connectivity index (χ0) is 30.6. The van der Waals surface area contributed by atoms with E-state index in [-0.39, 0.29) is 24.6 Å². The Morgan fingerprint density at radius 3 is 1.56 bits per heavy atom. The fourth-order valence-corrected chi connectivity index (χ4v) is 5.38. The summed E-state index contributed by atoms with van der Waals surface area (Å²) in [5.41, 5.74) is 0. The van der Waals surface area contributed by atoms with Crippen LogP contribution in [0.3, 0.4) is 0 Å². The second-order valence-corrected chi connectivity index (χ2v) is 13.3. The molecule has 0 amide bonds. The predicted molar refractivity (Wildman–Crippen MR) is 165 cm³/mol. The topological polar surface area (TPSA) is 136 Å². The minimum Gasteiger partial charge on any atom is -0.462 e. The van der Waals surface area contributed by atoms with Crippen LogP contribution in [0.25, 0.3) is 0 Å². The van der Waals surface area contributed by atoms with Gasteiger partial charge in [0.25, 0.3) is 0 Å². The van der Waals surface area contributed by atoms with Crippen LogP contribution in [0.4, 0.5) is 0 Å². The zero-order valence-corrected chi connectivity index (χ0v) is 27.4. The standard InChI is InChI=1S/C30H57O9PS/c1-3-4-5-6-7-8-10-14-17-20-23-30(33)39-28(26-38-40(34,35)36)25-37-29(32)22-19-16-13-11-9-12-15-18-21-24-41-27(2)31/h28H,3-26H2,1-2H3,(H2,34,35,36)/t28-/m0/s1. The molecule has 0 rings (SSSR count). The molecule has 0 unspecified atom stereocenters. The highest BCUT2D eigenvalue weighted by molar-refractivity contribution is 8.13. The average molecular weight is 625 g/mol. The van der Waals surface area contributed by atoms with E-state index in [1.807, 2.05) is 0 Å². The van der Waals surface area contributed by atoms with Crippen molar-refractivity contribution in [1.82, 2.24) is 0 Å². The molecule has 1 atom stereocenters. The molecule has 242 valence electrons. The number of rotatable bonds is 29. The molecular weight excluding hydrogens is 567 g/mol. The maximum atomic E-state index is 12.2. The number of ether oxygens (including phenoxy) is 2. The summed E-state index contributed by atoms with van der Waals surface area (Å²) in [6, 6.07) is 0. The van der Waals surface area contributed by atoms with Gasteiger partial charge in [-0.1, -0.05) is 121 Å². The van der Waals surface area contributed by atoms with Crippen LogP contribution in [-0.4, -0.2) is 51.9 Å². The van der Waals surface area contributed by atoms with Crippen molar-refractivity contribution in [3.63, 3.8) is 0 Å². The summed E-state index contributed by atoms with van der Waals surface area (Å²) < 4.78 is 26.1. The Hall–Kier alpha value is -0.930. The van der Waals surface area contributed by atoms with Crippen molar-refractivity contribution in [3.8, 4) is 0 Å². The fraction of sp³-hybridized carbons (Fsp3) is 0.900. The summed E-state index contributed by atoms with van der Waals surface area (Å²) >= 11 is 1.39. The van der Waals surface area contributed by atoms with Gasteiger partial charge in [0, 0.05) is 25.5 Å². The van der Waals surface area contributed by atoms with Crippen molar-refractivity contribution in [3.05, 3.63) is 0 Å². The molecule has 2 N–H and O–H groups in total. The van der Waals surface area contributed by atoms with E-state index in [1.54, 1.807) is 6.92 Å². The first-order chi connectivity index (χ1) is 19.6. The molecule has 0 aromatic carbocycles. The van der Waals surface area contributed by atoms with Crippen molar-refractivity contribution >= 4 is 36.6 Å². The summed E-state index contributed by atoms with van der Waals surface area (Å²) in [4.78, 5) is 53.2. The normalized spacial score (nSPS) is 12.3. The largest absolute Gasteiger partial charge is 0.469 e. The monoisotopic (exact) mass is 624 g/mol. The molecule has 9 nitrogen and oxygen atoms in total. The van der Waals surface area contributed by atoms with E-state index in [4.69, 9.17) is 19.3 Å². The van der Waals surface area contributed by atoms with Gasteiger partial charge < -0.3 is 19.3 Å². The minimum absolute atomic E-state index is 0.181. The van der Waals surface area contributed by atoms with Gasteiger partial charge in [-0.2, -0.15) is 0 Å². The van der Waals surface area contributed by atoms with Gasteiger partial charge in [0.15, 0.2) is 11.2 Å². The molecule has 0 aliphatic heterocycles. The molecule has 0 radical (unpaired) electrons. The molecule has 0 aromatic rings. The number of phosphoric ester groups is 1. The number of hydrogen-bond donors (Lipinski definition) is 2. The number of thioether (sulfide) groups is 1. The maximum Gasteiger partial charge on any atom is 0.469 e. The van der Waals surface area contributed by atoms with Gasteiger partial charge in [0.2, 0.25) is 0 Å². The van der Waals surface area contributed by atoms with Crippen LogP contribution in [0, 0.1) is 0 Å². The number of unbranched alkanes of at least 4 members (excludes halogenated alkanes) is 17. The molecule has 0 saturated carbocycles. The van der Waals surface area contributed by atoms with Crippen molar-refractivity contribution in [1.29, 1.82) is 0 Å². The third-order valence-electron chi connectivity index (χ3n) is 6.72. The minimum atomic E-state index is -4.75. The van der Waals surface area contributed by atoms with Crippen molar-refractivity contribution in [2.24, 2.45) is 0 Å². The van der Waals surface area contributed by atoms with Crippen molar-refractivity contribution < 1.29 is 42.7 Å². The zero-order valence-electron chi connectivity index (χ0n) is 25.7. The van der Waals surface area contributed by atoms with E-state index < -0.39 is 32.5 Å². The second-order valence-electron chi connectivity index (χ2n) is 10.8. The van der Waals surface area contributed by atoms with E-state index >= 15 is 0 Å². The van der Waals surface area contributed by atoms with Gasteiger partial charge in [0.1, 0.15) is 6.61 Å². The molecule has 0 fully saturated rings. The number of phosphoric acid groups is 1. The Bertz CT molecular complexity index is 714.